The number of carbonyl (C=O) groups excluding carboxylic acids is 1. The Morgan fingerprint density at radius 1 is 0.962 bits per heavy atom. The summed E-state index contributed by atoms with van der Waals surface area (Å²) in [7, 11) is 0. The first-order valence-electron chi connectivity index (χ1n) is 9.35. The first kappa shape index (κ1) is 18.3. The molecule has 0 spiro atoms. The third-order valence-corrected chi connectivity index (χ3v) is 4.87. The summed E-state index contributed by atoms with van der Waals surface area (Å²) in [6, 6.07) is 14.1. The Morgan fingerprint density at radius 2 is 1.65 bits per heavy atom. The molecule has 1 fully saturated rings. The SMILES string of the molecule is CCN(CC)c1ccc(C(=O)N2CCN(Cc3ccccc3)CC2)nn1. The van der Waals surface area contributed by atoms with E-state index in [1.807, 2.05) is 17.0 Å². The van der Waals surface area contributed by atoms with Crippen LogP contribution in [0, 0.1) is 0 Å². The Hall–Kier alpha value is -2.47. The zero-order valence-electron chi connectivity index (χ0n) is 15.6. The van der Waals surface area contributed by atoms with Crippen molar-refractivity contribution in [1.29, 1.82) is 0 Å². The normalized spacial score (nSPS) is 15.1. The Balaban J connectivity index is 1.55. The van der Waals surface area contributed by atoms with Gasteiger partial charge in [0, 0.05) is 45.8 Å². The third kappa shape index (κ3) is 4.38. The molecule has 1 aromatic heterocycles. The largest absolute Gasteiger partial charge is 0.356 e. The smallest absolute Gasteiger partial charge is 0.274 e. The first-order chi connectivity index (χ1) is 12.7. The molecular weight excluding hydrogens is 326 g/mol. The van der Waals surface area contributed by atoms with Crippen LogP contribution in [0.5, 0.6) is 0 Å². The molecule has 0 N–H and O–H groups in total. The van der Waals surface area contributed by atoms with Crippen LogP contribution in [-0.2, 0) is 6.54 Å². The molecule has 3 rings (SSSR count). The second-order valence-electron chi connectivity index (χ2n) is 6.50. The van der Waals surface area contributed by atoms with E-state index in [2.05, 4.69) is 58.1 Å². The van der Waals surface area contributed by atoms with Gasteiger partial charge in [-0.15, -0.1) is 10.2 Å². The van der Waals surface area contributed by atoms with Gasteiger partial charge in [-0.05, 0) is 31.5 Å². The maximum absolute atomic E-state index is 12.7. The number of piperazine rings is 1. The van der Waals surface area contributed by atoms with Gasteiger partial charge < -0.3 is 9.80 Å². The topological polar surface area (TPSA) is 52.6 Å². The summed E-state index contributed by atoms with van der Waals surface area (Å²) in [6.07, 6.45) is 0. The van der Waals surface area contributed by atoms with Gasteiger partial charge in [-0.25, -0.2) is 0 Å². The Bertz CT molecular complexity index is 692. The predicted molar refractivity (Wildman–Crippen MR) is 103 cm³/mol. The zero-order chi connectivity index (χ0) is 18.4. The number of hydrogen-bond acceptors (Lipinski definition) is 5. The average molecular weight is 353 g/mol. The summed E-state index contributed by atoms with van der Waals surface area (Å²) in [4.78, 5) is 19.1. The lowest BCUT2D eigenvalue weighted by atomic mass is 10.2. The minimum Gasteiger partial charge on any atom is -0.356 e. The number of anilines is 1. The molecule has 0 atom stereocenters. The van der Waals surface area contributed by atoms with Gasteiger partial charge in [-0.1, -0.05) is 30.3 Å². The number of benzene rings is 1. The van der Waals surface area contributed by atoms with E-state index >= 15 is 0 Å². The molecular formula is C20H27N5O. The van der Waals surface area contributed by atoms with Crippen LogP contribution < -0.4 is 4.90 Å². The van der Waals surface area contributed by atoms with Crippen LogP contribution in [0.3, 0.4) is 0 Å². The van der Waals surface area contributed by atoms with Crippen molar-refractivity contribution in [2.24, 2.45) is 0 Å². The molecule has 1 saturated heterocycles. The van der Waals surface area contributed by atoms with Crippen LogP contribution in [0.1, 0.15) is 29.9 Å². The van der Waals surface area contributed by atoms with Gasteiger partial charge in [0.1, 0.15) is 0 Å². The Labute approximate surface area is 155 Å². The zero-order valence-corrected chi connectivity index (χ0v) is 15.6. The second-order valence-corrected chi connectivity index (χ2v) is 6.50. The van der Waals surface area contributed by atoms with E-state index in [0.717, 1.165) is 51.6 Å². The molecule has 26 heavy (non-hydrogen) atoms. The standard InChI is InChI=1S/C20H27N5O/c1-3-24(4-2)19-11-10-18(21-22-19)20(26)25-14-12-23(13-15-25)16-17-8-6-5-7-9-17/h5-11H,3-4,12-16H2,1-2H3. The molecule has 6 nitrogen and oxygen atoms in total. The number of hydrogen-bond donors (Lipinski definition) is 0. The molecule has 2 aromatic rings. The lowest BCUT2D eigenvalue weighted by molar-refractivity contribution is 0.0621. The fraction of sp³-hybridized carbons (Fsp3) is 0.450. The van der Waals surface area contributed by atoms with Gasteiger partial charge in [0.2, 0.25) is 0 Å². The van der Waals surface area contributed by atoms with Crippen molar-refractivity contribution in [3.8, 4) is 0 Å². The monoisotopic (exact) mass is 353 g/mol. The van der Waals surface area contributed by atoms with Crippen LogP contribution >= 0.6 is 0 Å². The molecule has 2 heterocycles. The fourth-order valence-corrected chi connectivity index (χ4v) is 3.27. The van der Waals surface area contributed by atoms with Crippen LogP contribution in [0.2, 0.25) is 0 Å². The van der Waals surface area contributed by atoms with Crippen LogP contribution in [0.4, 0.5) is 5.82 Å². The van der Waals surface area contributed by atoms with Crippen molar-refractivity contribution < 1.29 is 4.79 Å². The highest BCUT2D eigenvalue weighted by molar-refractivity contribution is 5.92. The molecule has 0 aliphatic carbocycles. The van der Waals surface area contributed by atoms with E-state index in [-0.39, 0.29) is 5.91 Å². The summed E-state index contributed by atoms with van der Waals surface area (Å²) in [5, 5.41) is 8.39. The van der Waals surface area contributed by atoms with Crippen molar-refractivity contribution in [1.82, 2.24) is 20.0 Å². The molecule has 1 amide bonds. The Morgan fingerprint density at radius 3 is 2.23 bits per heavy atom. The van der Waals surface area contributed by atoms with Crippen molar-refractivity contribution >= 4 is 11.7 Å². The highest BCUT2D eigenvalue weighted by atomic mass is 16.2. The van der Waals surface area contributed by atoms with E-state index in [1.54, 1.807) is 6.07 Å². The maximum atomic E-state index is 12.7. The van der Waals surface area contributed by atoms with Crippen molar-refractivity contribution in [2.45, 2.75) is 20.4 Å². The van der Waals surface area contributed by atoms with Crippen molar-refractivity contribution in [3.05, 3.63) is 53.7 Å². The highest BCUT2D eigenvalue weighted by Gasteiger charge is 2.23. The molecule has 0 radical (unpaired) electrons. The van der Waals surface area contributed by atoms with E-state index in [4.69, 9.17) is 0 Å². The number of nitrogens with zero attached hydrogens (tertiary/aromatic N) is 5. The van der Waals surface area contributed by atoms with Gasteiger partial charge in [-0.2, -0.15) is 0 Å². The summed E-state index contributed by atoms with van der Waals surface area (Å²) < 4.78 is 0. The number of aromatic nitrogens is 2. The molecule has 1 aliphatic rings. The van der Waals surface area contributed by atoms with Crippen LogP contribution in [0.15, 0.2) is 42.5 Å². The number of amides is 1. The fourth-order valence-electron chi connectivity index (χ4n) is 3.27. The number of rotatable bonds is 6. The molecule has 0 unspecified atom stereocenters. The van der Waals surface area contributed by atoms with Gasteiger partial charge >= 0.3 is 0 Å². The van der Waals surface area contributed by atoms with E-state index in [1.165, 1.54) is 5.56 Å². The molecule has 1 aromatic carbocycles. The van der Waals surface area contributed by atoms with Crippen LogP contribution in [-0.4, -0.2) is 65.2 Å². The predicted octanol–water partition coefficient (Wildman–Crippen LogP) is 2.28. The minimum atomic E-state index is -0.0250. The van der Waals surface area contributed by atoms with Gasteiger partial charge in [0.15, 0.2) is 11.5 Å². The van der Waals surface area contributed by atoms with E-state index in [0.29, 0.717) is 5.69 Å². The quantitative estimate of drug-likeness (QED) is 0.797. The van der Waals surface area contributed by atoms with Gasteiger partial charge in [-0.3, -0.25) is 9.69 Å². The second kappa shape index (κ2) is 8.76. The maximum Gasteiger partial charge on any atom is 0.274 e. The van der Waals surface area contributed by atoms with Gasteiger partial charge in [0.25, 0.3) is 5.91 Å². The summed E-state index contributed by atoms with van der Waals surface area (Å²) in [5.41, 5.74) is 1.74. The minimum absolute atomic E-state index is 0.0250. The lowest BCUT2D eigenvalue weighted by Crippen LogP contribution is -2.48. The molecule has 6 heteroatoms. The van der Waals surface area contributed by atoms with E-state index in [9.17, 15) is 4.79 Å². The number of carbonyl (C=O) groups is 1. The molecule has 0 saturated carbocycles. The van der Waals surface area contributed by atoms with E-state index < -0.39 is 0 Å². The van der Waals surface area contributed by atoms with Crippen molar-refractivity contribution in [3.63, 3.8) is 0 Å². The Kier molecular flexibility index (Phi) is 6.17. The van der Waals surface area contributed by atoms with Crippen LogP contribution in [0.25, 0.3) is 0 Å². The summed E-state index contributed by atoms with van der Waals surface area (Å²) >= 11 is 0. The third-order valence-electron chi connectivity index (χ3n) is 4.87. The summed E-state index contributed by atoms with van der Waals surface area (Å²) in [5.74, 6) is 0.794. The average Bonchev–Trinajstić information content (AvgIpc) is 2.70. The first-order valence-corrected chi connectivity index (χ1v) is 9.35. The summed E-state index contributed by atoms with van der Waals surface area (Å²) in [6.45, 7) is 10.1. The van der Waals surface area contributed by atoms with Crippen molar-refractivity contribution in [2.75, 3.05) is 44.2 Å². The highest BCUT2D eigenvalue weighted by Crippen LogP contribution is 2.13. The van der Waals surface area contributed by atoms with Gasteiger partial charge in [0.05, 0.1) is 0 Å². The molecule has 138 valence electrons. The molecule has 0 bridgehead atoms. The lowest BCUT2D eigenvalue weighted by Gasteiger charge is -2.34. The molecule has 1 aliphatic heterocycles.